The number of carbonyl (C=O) groups excluding carboxylic acids is 1. The van der Waals surface area contributed by atoms with Gasteiger partial charge >= 0.3 is 5.97 Å². The molecule has 42 heavy (non-hydrogen) atoms. The minimum absolute atomic E-state index is 0.0369. The minimum Gasteiger partial charge on any atom is -0.450 e. The molecular formula is C29H28F3N5O4S. The molecule has 13 heteroatoms. The number of aromatic nitrogens is 3. The number of carbonyl (C=O) groups is 1. The Bertz CT molecular complexity index is 1470. The van der Waals surface area contributed by atoms with Gasteiger partial charge in [-0.25, -0.2) is 22.8 Å². The Hall–Kier alpha value is -3.96. The zero-order chi connectivity index (χ0) is 30.1. The summed E-state index contributed by atoms with van der Waals surface area (Å²) in [6.45, 7) is 1.71. The molecule has 1 fully saturated rings. The van der Waals surface area contributed by atoms with E-state index in [1.54, 1.807) is 31.2 Å². The number of allylic oxidation sites excluding steroid dienone is 2. The molecule has 2 atom stereocenters. The Morgan fingerprint density at radius 1 is 1.24 bits per heavy atom. The van der Waals surface area contributed by atoms with E-state index < -0.39 is 47.1 Å². The van der Waals surface area contributed by atoms with E-state index in [1.807, 2.05) is 6.07 Å². The standard InChI is InChI=1S/C29H28F3N5O4S/c1-19(29(41-27(38)13-34,16-37-18-35-17-36-37)24-9-8-22(30)11-26(24)32)42-23-14-39-28(40-15-23)5-3-2-4-21-7-6-20(12-33)10-25(21)31/h2-11,17-19,23,28H,13-16,34H2,1H3/b4-2+,5-3+/t19-,23?,28?,29-/m1/s1. The van der Waals surface area contributed by atoms with Crippen LogP contribution in [0.4, 0.5) is 13.2 Å². The number of nitrogens with zero attached hydrogens (tertiary/aromatic N) is 4. The Morgan fingerprint density at radius 3 is 2.67 bits per heavy atom. The number of nitriles is 1. The smallest absolute Gasteiger partial charge is 0.320 e. The fourth-order valence-corrected chi connectivity index (χ4v) is 5.73. The van der Waals surface area contributed by atoms with E-state index in [0.29, 0.717) is 5.56 Å². The van der Waals surface area contributed by atoms with Crippen LogP contribution in [0.2, 0.25) is 0 Å². The van der Waals surface area contributed by atoms with Crippen molar-refractivity contribution in [2.75, 3.05) is 19.8 Å². The Balaban J connectivity index is 1.45. The fraction of sp³-hybridized carbons (Fsp3) is 0.310. The van der Waals surface area contributed by atoms with Gasteiger partial charge in [-0.15, -0.1) is 11.8 Å². The lowest BCUT2D eigenvalue weighted by atomic mass is 9.89. The summed E-state index contributed by atoms with van der Waals surface area (Å²) in [5, 5.41) is 12.1. The molecule has 1 saturated heterocycles. The molecule has 4 rings (SSSR count). The second-order valence-corrected chi connectivity index (χ2v) is 11.0. The van der Waals surface area contributed by atoms with Crippen molar-refractivity contribution < 1.29 is 32.2 Å². The van der Waals surface area contributed by atoms with Crippen molar-refractivity contribution in [3.8, 4) is 6.07 Å². The summed E-state index contributed by atoms with van der Waals surface area (Å²) in [6.07, 6.45) is 8.54. The van der Waals surface area contributed by atoms with E-state index in [0.717, 1.165) is 18.2 Å². The summed E-state index contributed by atoms with van der Waals surface area (Å²) in [5.41, 5.74) is 4.44. The molecule has 1 aliphatic rings. The maximum Gasteiger partial charge on any atom is 0.320 e. The van der Waals surface area contributed by atoms with Crippen LogP contribution in [0.3, 0.4) is 0 Å². The zero-order valence-electron chi connectivity index (χ0n) is 22.5. The van der Waals surface area contributed by atoms with Gasteiger partial charge in [0.1, 0.15) is 30.1 Å². The molecule has 0 bridgehead atoms. The molecular weight excluding hydrogens is 571 g/mol. The SMILES string of the molecule is C[C@@H](SC1COC(/C=C/C=C/c2ccc(C#N)cc2F)OC1)[C@@](Cn1cncn1)(OC(=O)CN)c1ccc(F)cc1F. The molecule has 2 N–H and O–H groups in total. The van der Waals surface area contributed by atoms with Crippen LogP contribution in [0, 0.1) is 28.8 Å². The van der Waals surface area contributed by atoms with E-state index in [-0.39, 0.29) is 36.1 Å². The predicted molar refractivity (Wildman–Crippen MR) is 149 cm³/mol. The minimum atomic E-state index is -1.63. The number of ether oxygens (including phenoxy) is 3. The van der Waals surface area contributed by atoms with Gasteiger partial charge in [0.05, 0.1) is 43.2 Å². The number of thioether (sulfide) groups is 1. The first-order valence-electron chi connectivity index (χ1n) is 12.9. The van der Waals surface area contributed by atoms with Crippen molar-refractivity contribution in [2.45, 2.75) is 35.9 Å². The second kappa shape index (κ2) is 14.3. The van der Waals surface area contributed by atoms with Gasteiger partial charge in [-0.2, -0.15) is 10.4 Å². The van der Waals surface area contributed by atoms with Crippen LogP contribution in [0.1, 0.15) is 23.6 Å². The Kier molecular flexibility index (Phi) is 10.5. The first kappa shape index (κ1) is 31.0. The molecule has 0 unspecified atom stereocenters. The van der Waals surface area contributed by atoms with E-state index in [4.69, 9.17) is 25.2 Å². The van der Waals surface area contributed by atoms with Crippen molar-refractivity contribution in [1.29, 1.82) is 5.26 Å². The third-order valence-electron chi connectivity index (χ3n) is 6.44. The van der Waals surface area contributed by atoms with Gasteiger partial charge in [0.25, 0.3) is 0 Å². The monoisotopic (exact) mass is 599 g/mol. The number of hydrogen-bond acceptors (Lipinski definition) is 9. The molecule has 0 aliphatic carbocycles. The third kappa shape index (κ3) is 7.65. The first-order chi connectivity index (χ1) is 20.2. The van der Waals surface area contributed by atoms with Crippen molar-refractivity contribution in [2.24, 2.45) is 5.73 Å². The van der Waals surface area contributed by atoms with E-state index >= 15 is 4.39 Å². The number of benzene rings is 2. The molecule has 0 radical (unpaired) electrons. The first-order valence-corrected chi connectivity index (χ1v) is 13.8. The van der Waals surface area contributed by atoms with Gasteiger partial charge in [-0.1, -0.05) is 24.3 Å². The normalized spacial score (nSPS) is 19.4. The highest BCUT2D eigenvalue weighted by molar-refractivity contribution is 8.00. The summed E-state index contributed by atoms with van der Waals surface area (Å²) in [5.74, 6) is -2.94. The average molecular weight is 600 g/mol. The highest BCUT2D eigenvalue weighted by Crippen LogP contribution is 2.41. The van der Waals surface area contributed by atoms with Crippen LogP contribution in [0.5, 0.6) is 0 Å². The van der Waals surface area contributed by atoms with Crippen LogP contribution in [0.25, 0.3) is 6.08 Å². The van der Waals surface area contributed by atoms with Gasteiger partial charge in [-0.05, 0) is 37.3 Å². The van der Waals surface area contributed by atoms with E-state index in [1.165, 1.54) is 47.3 Å². The third-order valence-corrected chi connectivity index (χ3v) is 7.89. The van der Waals surface area contributed by atoms with Gasteiger partial charge in [0, 0.05) is 22.4 Å². The predicted octanol–water partition coefficient (Wildman–Crippen LogP) is 4.10. The second-order valence-electron chi connectivity index (χ2n) is 9.31. The van der Waals surface area contributed by atoms with E-state index in [2.05, 4.69) is 10.1 Å². The molecule has 0 saturated carbocycles. The van der Waals surface area contributed by atoms with Gasteiger partial charge in [0.15, 0.2) is 11.9 Å². The van der Waals surface area contributed by atoms with Crippen molar-refractivity contribution >= 4 is 23.8 Å². The number of esters is 1. The van der Waals surface area contributed by atoms with Crippen LogP contribution < -0.4 is 5.73 Å². The molecule has 2 aromatic carbocycles. The highest BCUT2D eigenvalue weighted by atomic mass is 32.2. The molecule has 3 aromatic rings. The molecule has 1 aliphatic heterocycles. The lowest BCUT2D eigenvalue weighted by molar-refractivity contribution is -0.161. The summed E-state index contributed by atoms with van der Waals surface area (Å²) in [6, 6.07) is 9.16. The molecule has 2 heterocycles. The van der Waals surface area contributed by atoms with Gasteiger partial charge < -0.3 is 19.9 Å². The fourth-order valence-electron chi connectivity index (χ4n) is 4.37. The van der Waals surface area contributed by atoms with Gasteiger partial charge in [-0.3, -0.25) is 4.79 Å². The maximum absolute atomic E-state index is 15.2. The Morgan fingerprint density at radius 2 is 2.02 bits per heavy atom. The molecule has 1 aromatic heterocycles. The van der Waals surface area contributed by atoms with Crippen LogP contribution >= 0.6 is 11.8 Å². The quantitative estimate of drug-likeness (QED) is 0.256. The number of nitrogens with two attached hydrogens (primary N) is 1. The average Bonchev–Trinajstić information content (AvgIpc) is 3.49. The lowest BCUT2D eigenvalue weighted by Crippen LogP contribution is -2.48. The Labute approximate surface area is 244 Å². The van der Waals surface area contributed by atoms with Crippen LogP contribution in [0.15, 0.2) is 67.3 Å². The number of hydrogen-bond donors (Lipinski definition) is 1. The van der Waals surface area contributed by atoms with Crippen LogP contribution in [-0.2, 0) is 31.2 Å². The summed E-state index contributed by atoms with van der Waals surface area (Å²) >= 11 is 1.35. The number of halogens is 3. The largest absolute Gasteiger partial charge is 0.450 e. The summed E-state index contributed by atoms with van der Waals surface area (Å²) < 4.78 is 61.9. The topological polar surface area (TPSA) is 125 Å². The van der Waals surface area contributed by atoms with Crippen molar-refractivity contribution in [1.82, 2.24) is 14.8 Å². The van der Waals surface area contributed by atoms with Gasteiger partial charge in [0.2, 0.25) is 0 Å². The van der Waals surface area contributed by atoms with Crippen LogP contribution in [-0.4, -0.2) is 57.3 Å². The lowest BCUT2D eigenvalue weighted by Gasteiger charge is -2.40. The summed E-state index contributed by atoms with van der Waals surface area (Å²) in [4.78, 5) is 16.4. The zero-order valence-corrected chi connectivity index (χ0v) is 23.3. The summed E-state index contributed by atoms with van der Waals surface area (Å²) in [7, 11) is 0. The van der Waals surface area contributed by atoms with Crippen molar-refractivity contribution in [3.63, 3.8) is 0 Å². The van der Waals surface area contributed by atoms with E-state index in [9.17, 15) is 13.6 Å². The molecule has 0 amide bonds. The number of rotatable bonds is 11. The maximum atomic E-state index is 15.2. The molecule has 9 nitrogen and oxygen atoms in total. The molecule has 0 spiro atoms. The van der Waals surface area contributed by atoms with Crippen molar-refractivity contribution in [3.05, 3.63) is 101 Å². The highest BCUT2D eigenvalue weighted by Gasteiger charge is 2.46. The molecule has 220 valence electrons.